The first-order chi connectivity index (χ1) is 8.75. The largest absolute Gasteiger partial charge is 0.356 e. The predicted molar refractivity (Wildman–Crippen MR) is 74.3 cm³/mol. The quantitative estimate of drug-likeness (QED) is 0.806. The van der Waals surface area contributed by atoms with Crippen molar-refractivity contribution in [2.45, 2.75) is 51.9 Å². The Labute approximate surface area is 111 Å². The zero-order valence-electron chi connectivity index (χ0n) is 11.7. The van der Waals surface area contributed by atoms with Crippen molar-refractivity contribution in [3.63, 3.8) is 0 Å². The standard InChI is InChI=1S/C15H28N2O/c1-12-4-6-14(7-5-12)15(18)17-10-8-13-3-2-9-16-11-13/h12-14,16H,2-11H2,1H3,(H,17,18). The van der Waals surface area contributed by atoms with E-state index < -0.39 is 0 Å². The average Bonchev–Trinajstić information content (AvgIpc) is 2.40. The maximum absolute atomic E-state index is 12.0. The summed E-state index contributed by atoms with van der Waals surface area (Å²) in [6.07, 6.45) is 8.40. The summed E-state index contributed by atoms with van der Waals surface area (Å²) >= 11 is 0. The van der Waals surface area contributed by atoms with E-state index >= 15 is 0 Å². The molecule has 2 fully saturated rings. The first-order valence-corrected chi connectivity index (χ1v) is 7.74. The predicted octanol–water partition coefficient (Wildman–Crippen LogP) is 2.32. The number of rotatable bonds is 4. The third-order valence-corrected chi connectivity index (χ3v) is 4.64. The molecule has 2 rings (SSSR count). The van der Waals surface area contributed by atoms with Gasteiger partial charge in [0.05, 0.1) is 0 Å². The summed E-state index contributed by atoms with van der Waals surface area (Å²) in [6.45, 7) is 5.47. The maximum Gasteiger partial charge on any atom is 0.223 e. The SMILES string of the molecule is CC1CCC(C(=O)NCCC2CCCNC2)CC1. The van der Waals surface area contributed by atoms with Gasteiger partial charge in [0.2, 0.25) is 5.91 Å². The Morgan fingerprint density at radius 3 is 2.67 bits per heavy atom. The molecule has 0 aromatic carbocycles. The van der Waals surface area contributed by atoms with Gasteiger partial charge in [-0.15, -0.1) is 0 Å². The molecule has 1 amide bonds. The molecule has 1 unspecified atom stereocenters. The van der Waals surface area contributed by atoms with Gasteiger partial charge in [-0.3, -0.25) is 4.79 Å². The van der Waals surface area contributed by atoms with E-state index in [1.165, 1.54) is 32.2 Å². The molecule has 1 aliphatic heterocycles. The molecule has 0 radical (unpaired) electrons. The second-order valence-electron chi connectivity index (χ2n) is 6.25. The third kappa shape index (κ3) is 4.27. The summed E-state index contributed by atoms with van der Waals surface area (Å²) in [6, 6.07) is 0. The van der Waals surface area contributed by atoms with Crippen molar-refractivity contribution in [3.05, 3.63) is 0 Å². The molecule has 0 spiro atoms. The Balaban J connectivity index is 1.59. The van der Waals surface area contributed by atoms with E-state index in [2.05, 4.69) is 17.6 Å². The third-order valence-electron chi connectivity index (χ3n) is 4.64. The van der Waals surface area contributed by atoms with Gasteiger partial charge in [0, 0.05) is 12.5 Å². The zero-order valence-corrected chi connectivity index (χ0v) is 11.7. The normalized spacial score (nSPS) is 33.1. The van der Waals surface area contributed by atoms with Crippen molar-refractivity contribution in [3.8, 4) is 0 Å². The van der Waals surface area contributed by atoms with Crippen molar-refractivity contribution in [1.29, 1.82) is 0 Å². The molecule has 0 bridgehead atoms. The van der Waals surface area contributed by atoms with E-state index in [-0.39, 0.29) is 0 Å². The lowest BCUT2D eigenvalue weighted by Crippen LogP contribution is -2.36. The summed E-state index contributed by atoms with van der Waals surface area (Å²) in [4.78, 5) is 12.0. The van der Waals surface area contributed by atoms with Crippen LogP contribution in [-0.4, -0.2) is 25.5 Å². The van der Waals surface area contributed by atoms with Crippen molar-refractivity contribution in [2.24, 2.45) is 17.8 Å². The zero-order chi connectivity index (χ0) is 12.8. The van der Waals surface area contributed by atoms with Gasteiger partial charge in [0.1, 0.15) is 0 Å². The number of nitrogens with one attached hydrogen (secondary N) is 2. The van der Waals surface area contributed by atoms with Crippen LogP contribution in [-0.2, 0) is 4.79 Å². The Kier molecular flexibility index (Phi) is 5.48. The summed E-state index contributed by atoms with van der Waals surface area (Å²) in [5.74, 6) is 2.20. The molecule has 18 heavy (non-hydrogen) atoms. The number of carbonyl (C=O) groups is 1. The summed E-state index contributed by atoms with van der Waals surface area (Å²) < 4.78 is 0. The van der Waals surface area contributed by atoms with Gasteiger partial charge in [-0.2, -0.15) is 0 Å². The highest BCUT2D eigenvalue weighted by Crippen LogP contribution is 2.28. The van der Waals surface area contributed by atoms with Crippen LogP contribution in [0.3, 0.4) is 0 Å². The Morgan fingerprint density at radius 1 is 1.22 bits per heavy atom. The highest BCUT2D eigenvalue weighted by atomic mass is 16.1. The highest BCUT2D eigenvalue weighted by Gasteiger charge is 2.24. The topological polar surface area (TPSA) is 41.1 Å². The molecule has 3 heteroatoms. The van der Waals surface area contributed by atoms with Crippen molar-refractivity contribution >= 4 is 5.91 Å². The number of carbonyl (C=O) groups excluding carboxylic acids is 1. The molecule has 3 nitrogen and oxygen atoms in total. The second kappa shape index (κ2) is 7.13. The fourth-order valence-electron chi connectivity index (χ4n) is 3.24. The highest BCUT2D eigenvalue weighted by molar-refractivity contribution is 5.78. The molecule has 1 heterocycles. The minimum Gasteiger partial charge on any atom is -0.356 e. The molecule has 0 aromatic rings. The van der Waals surface area contributed by atoms with Gasteiger partial charge in [0.25, 0.3) is 0 Å². The van der Waals surface area contributed by atoms with Gasteiger partial charge in [-0.25, -0.2) is 0 Å². The van der Waals surface area contributed by atoms with Crippen LogP contribution in [0.2, 0.25) is 0 Å². The van der Waals surface area contributed by atoms with Crippen LogP contribution in [0.4, 0.5) is 0 Å². The van der Waals surface area contributed by atoms with Crippen molar-refractivity contribution in [2.75, 3.05) is 19.6 Å². The monoisotopic (exact) mass is 252 g/mol. The molecule has 0 aromatic heterocycles. The molecule has 2 N–H and O–H groups in total. The summed E-state index contributed by atoms with van der Waals surface area (Å²) in [5.41, 5.74) is 0. The van der Waals surface area contributed by atoms with E-state index in [1.54, 1.807) is 0 Å². The minimum absolute atomic E-state index is 0.297. The van der Waals surface area contributed by atoms with Crippen LogP contribution in [0.25, 0.3) is 0 Å². The van der Waals surface area contributed by atoms with Gasteiger partial charge in [0.15, 0.2) is 0 Å². The summed E-state index contributed by atoms with van der Waals surface area (Å²) in [5, 5.41) is 6.58. The van der Waals surface area contributed by atoms with Crippen LogP contribution in [0.1, 0.15) is 51.9 Å². The Morgan fingerprint density at radius 2 is 2.00 bits per heavy atom. The molecule has 1 saturated carbocycles. The maximum atomic E-state index is 12.0. The van der Waals surface area contributed by atoms with Gasteiger partial charge >= 0.3 is 0 Å². The molecular weight excluding hydrogens is 224 g/mol. The lowest BCUT2D eigenvalue weighted by Gasteiger charge is -2.26. The second-order valence-corrected chi connectivity index (χ2v) is 6.25. The minimum atomic E-state index is 0.297. The lowest BCUT2D eigenvalue weighted by atomic mass is 9.82. The van der Waals surface area contributed by atoms with E-state index in [9.17, 15) is 4.79 Å². The van der Waals surface area contributed by atoms with E-state index in [0.29, 0.717) is 11.8 Å². The molecular formula is C15H28N2O. The van der Waals surface area contributed by atoms with Crippen LogP contribution >= 0.6 is 0 Å². The van der Waals surface area contributed by atoms with Gasteiger partial charge in [-0.05, 0) is 69.9 Å². The van der Waals surface area contributed by atoms with Crippen LogP contribution in [0.15, 0.2) is 0 Å². The van der Waals surface area contributed by atoms with E-state index in [1.807, 2.05) is 0 Å². The number of amides is 1. The fraction of sp³-hybridized carbons (Fsp3) is 0.933. The van der Waals surface area contributed by atoms with Gasteiger partial charge in [-0.1, -0.05) is 6.92 Å². The van der Waals surface area contributed by atoms with Crippen molar-refractivity contribution in [1.82, 2.24) is 10.6 Å². The Bertz CT molecular complexity index is 253. The molecule has 2 aliphatic rings. The number of hydrogen-bond acceptors (Lipinski definition) is 2. The first kappa shape index (κ1) is 13.9. The van der Waals surface area contributed by atoms with Crippen molar-refractivity contribution < 1.29 is 4.79 Å². The summed E-state index contributed by atoms with van der Waals surface area (Å²) in [7, 11) is 0. The average molecular weight is 252 g/mol. The molecule has 1 atom stereocenters. The van der Waals surface area contributed by atoms with Crippen LogP contribution < -0.4 is 10.6 Å². The lowest BCUT2D eigenvalue weighted by molar-refractivity contribution is -0.126. The van der Waals surface area contributed by atoms with Crippen LogP contribution in [0.5, 0.6) is 0 Å². The van der Waals surface area contributed by atoms with E-state index in [4.69, 9.17) is 0 Å². The molecule has 1 aliphatic carbocycles. The number of piperidine rings is 1. The van der Waals surface area contributed by atoms with Gasteiger partial charge < -0.3 is 10.6 Å². The fourth-order valence-corrected chi connectivity index (χ4v) is 3.24. The molecule has 1 saturated heterocycles. The Hall–Kier alpha value is -0.570. The first-order valence-electron chi connectivity index (χ1n) is 7.74. The number of hydrogen-bond donors (Lipinski definition) is 2. The van der Waals surface area contributed by atoms with Crippen LogP contribution in [0, 0.1) is 17.8 Å². The molecule has 104 valence electrons. The smallest absolute Gasteiger partial charge is 0.223 e. The van der Waals surface area contributed by atoms with E-state index in [0.717, 1.165) is 44.2 Å².